The fraction of sp³-hybridized carbons (Fsp3) is 0.600. The van der Waals surface area contributed by atoms with Gasteiger partial charge in [-0.05, 0) is 55.3 Å². The Morgan fingerprint density at radius 2 is 2.00 bits per heavy atom. The number of likely N-dealkylation sites (tertiary alicyclic amines) is 1. The number of aromatic nitrogens is 1. The maximum atomic E-state index is 12.9. The Labute approximate surface area is 141 Å². The number of pyridine rings is 1. The van der Waals surface area contributed by atoms with Gasteiger partial charge in [-0.2, -0.15) is 13.2 Å². The molecule has 0 saturated carbocycles. The van der Waals surface area contributed by atoms with Gasteiger partial charge in [-0.1, -0.05) is 0 Å². The van der Waals surface area contributed by atoms with E-state index in [2.05, 4.69) is 20.9 Å². The van der Waals surface area contributed by atoms with Crippen molar-refractivity contribution >= 4 is 22.0 Å². The van der Waals surface area contributed by atoms with Crippen molar-refractivity contribution < 1.29 is 22.7 Å². The minimum atomic E-state index is -4.52. The van der Waals surface area contributed by atoms with Crippen LogP contribution < -0.4 is 0 Å². The van der Waals surface area contributed by atoms with E-state index in [0.717, 1.165) is 0 Å². The van der Waals surface area contributed by atoms with Crippen LogP contribution >= 0.6 is 15.9 Å². The van der Waals surface area contributed by atoms with Gasteiger partial charge >= 0.3 is 12.3 Å². The summed E-state index contributed by atoms with van der Waals surface area (Å²) >= 11 is 2.88. The maximum absolute atomic E-state index is 12.9. The van der Waals surface area contributed by atoms with Gasteiger partial charge in [0.15, 0.2) is 5.69 Å². The molecule has 1 aliphatic heterocycles. The van der Waals surface area contributed by atoms with Gasteiger partial charge < -0.3 is 9.64 Å². The summed E-state index contributed by atoms with van der Waals surface area (Å²) in [6.45, 7) is 6.05. The minimum Gasteiger partial charge on any atom is -0.444 e. The van der Waals surface area contributed by atoms with Gasteiger partial charge in [-0.25, -0.2) is 9.78 Å². The highest BCUT2D eigenvalue weighted by Gasteiger charge is 2.37. The van der Waals surface area contributed by atoms with E-state index >= 15 is 0 Å². The summed E-state index contributed by atoms with van der Waals surface area (Å²) in [5.74, 6) is -0.225. The Hall–Kier alpha value is -1.31. The lowest BCUT2D eigenvalue weighted by atomic mass is 10.0. The molecule has 1 unspecified atom stereocenters. The number of carbonyl (C=O) groups excluding carboxylic acids is 1. The Morgan fingerprint density at radius 3 is 2.57 bits per heavy atom. The number of alkyl halides is 3. The molecule has 1 saturated heterocycles. The number of carbonyl (C=O) groups is 1. The van der Waals surface area contributed by atoms with E-state index in [0.29, 0.717) is 25.2 Å². The molecule has 0 bridgehead atoms. The third kappa shape index (κ3) is 4.59. The molecule has 1 atom stereocenters. The molecule has 128 valence electrons. The normalized spacial score (nSPS) is 19.1. The molecule has 0 N–H and O–H groups in total. The predicted octanol–water partition coefficient (Wildman–Crippen LogP) is 4.59. The van der Waals surface area contributed by atoms with E-state index in [4.69, 9.17) is 4.74 Å². The summed E-state index contributed by atoms with van der Waals surface area (Å²) in [5, 5.41) is 0. The van der Waals surface area contributed by atoms with Crippen molar-refractivity contribution in [1.82, 2.24) is 9.88 Å². The van der Waals surface area contributed by atoms with E-state index < -0.39 is 23.6 Å². The van der Waals surface area contributed by atoms with Crippen LogP contribution in [0.25, 0.3) is 0 Å². The number of rotatable bonds is 1. The number of hydrogen-bond donors (Lipinski definition) is 0. The average Bonchev–Trinajstić information content (AvgIpc) is 2.85. The molecule has 23 heavy (non-hydrogen) atoms. The molecule has 0 aromatic carbocycles. The fourth-order valence-electron chi connectivity index (χ4n) is 2.38. The van der Waals surface area contributed by atoms with Gasteiger partial charge in [0.2, 0.25) is 0 Å². The summed E-state index contributed by atoms with van der Waals surface area (Å²) in [4.78, 5) is 17.3. The first-order chi connectivity index (χ1) is 10.5. The highest BCUT2D eigenvalue weighted by atomic mass is 79.9. The minimum absolute atomic E-state index is 0.0873. The fourth-order valence-corrected chi connectivity index (χ4v) is 2.82. The molecule has 0 aliphatic carbocycles. The number of amides is 1. The third-order valence-electron chi connectivity index (χ3n) is 3.39. The standard InChI is InChI=1S/C15H18BrF3N2O2/c1-14(2,3)23-13(22)21-7-6-9(8-21)11-5-4-10(16)12(20-11)15(17,18)19/h4-5,9H,6-8H2,1-3H3. The molecule has 1 aliphatic rings. The second-order valence-electron chi connectivity index (χ2n) is 6.48. The first-order valence-electron chi connectivity index (χ1n) is 7.19. The second-order valence-corrected chi connectivity index (χ2v) is 7.33. The summed E-state index contributed by atoms with van der Waals surface area (Å²) in [6, 6.07) is 2.91. The van der Waals surface area contributed by atoms with Crippen LogP contribution in [0, 0.1) is 0 Å². The topological polar surface area (TPSA) is 42.4 Å². The molecule has 1 fully saturated rings. The molecule has 4 nitrogen and oxygen atoms in total. The van der Waals surface area contributed by atoms with Gasteiger partial charge in [0, 0.05) is 29.2 Å². The van der Waals surface area contributed by atoms with Crippen LogP contribution in [-0.4, -0.2) is 34.7 Å². The molecule has 0 spiro atoms. The highest BCUT2D eigenvalue weighted by Crippen LogP contribution is 2.35. The van der Waals surface area contributed by atoms with E-state index in [9.17, 15) is 18.0 Å². The van der Waals surface area contributed by atoms with E-state index in [-0.39, 0.29) is 10.4 Å². The quantitative estimate of drug-likeness (QED) is 0.699. The molecule has 1 aromatic rings. The molecule has 2 heterocycles. The van der Waals surface area contributed by atoms with Crippen molar-refractivity contribution in [3.05, 3.63) is 28.0 Å². The number of hydrogen-bond acceptors (Lipinski definition) is 3. The lowest BCUT2D eigenvalue weighted by molar-refractivity contribution is -0.141. The maximum Gasteiger partial charge on any atom is 0.434 e. The van der Waals surface area contributed by atoms with Crippen molar-refractivity contribution in [2.24, 2.45) is 0 Å². The van der Waals surface area contributed by atoms with Gasteiger partial charge in [-0.15, -0.1) is 0 Å². The zero-order chi connectivity index (χ0) is 17.4. The summed E-state index contributed by atoms with van der Waals surface area (Å²) < 4.78 is 44.0. The number of halogens is 4. The van der Waals surface area contributed by atoms with Crippen LogP contribution in [-0.2, 0) is 10.9 Å². The Balaban J connectivity index is 2.12. The SMILES string of the molecule is CC(C)(C)OC(=O)N1CCC(c2ccc(Br)c(C(F)(F)F)n2)C1. The molecular weight excluding hydrogens is 377 g/mol. The van der Waals surface area contributed by atoms with Crippen molar-refractivity contribution in [1.29, 1.82) is 0 Å². The first kappa shape index (κ1) is 18.0. The summed E-state index contributed by atoms with van der Waals surface area (Å²) in [7, 11) is 0. The Morgan fingerprint density at radius 1 is 1.35 bits per heavy atom. The molecule has 1 aromatic heterocycles. The van der Waals surface area contributed by atoms with Crippen molar-refractivity contribution in [2.45, 2.75) is 44.9 Å². The monoisotopic (exact) mass is 394 g/mol. The number of ether oxygens (including phenoxy) is 1. The van der Waals surface area contributed by atoms with Crippen LogP contribution in [0.4, 0.5) is 18.0 Å². The second kappa shape index (κ2) is 6.30. The van der Waals surface area contributed by atoms with Crippen molar-refractivity contribution in [3.63, 3.8) is 0 Å². The van der Waals surface area contributed by atoms with Gasteiger partial charge in [0.05, 0.1) is 0 Å². The molecule has 1 amide bonds. The Bertz CT molecular complexity index is 599. The van der Waals surface area contributed by atoms with Crippen LogP contribution in [0.2, 0.25) is 0 Å². The van der Waals surface area contributed by atoms with Crippen molar-refractivity contribution in [3.8, 4) is 0 Å². The van der Waals surface area contributed by atoms with E-state index in [1.54, 1.807) is 26.8 Å². The third-order valence-corrected chi connectivity index (χ3v) is 4.03. The lowest BCUT2D eigenvalue weighted by Crippen LogP contribution is -2.35. The zero-order valence-electron chi connectivity index (χ0n) is 13.1. The lowest BCUT2D eigenvalue weighted by Gasteiger charge is -2.24. The van der Waals surface area contributed by atoms with Gasteiger partial charge in [0.25, 0.3) is 0 Å². The van der Waals surface area contributed by atoms with Crippen LogP contribution in [0.3, 0.4) is 0 Å². The predicted molar refractivity (Wildman–Crippen MR) is 82.1 cm³/mol. The van der Waals surface area contributed by atoms with E-state index in [1.807, 2.05) is 0 Å². The van der Waals surface area contributed by atoms with Crippen LogP contribution in [0.1, 0.15) is 44.5 Å². The average molecular weight is 395 g/mol. The zero-order valence-corrected chi connectivity index (χ0v) is 14.7. The first-order valence-corrected chi connectivity index (χ1v) is 7.98. The molecular formula is C15H18BrF3N2O2. The Kier molecular flexibility index (Phi) is 4.94. The largest absolute Gasteiger partial charge is 0.444 e. The smallest absolute Gasteiger partial charge is 0.434 e. The highest BCUT2D eigenvalue weighted by molar-refractivity contribution is 9.10. The molecule has 0 radical (unpaired) electrons. The van der Waals surface area contributed by atoms with Gasteiger partial charge in [0.1, 0.15) is 5.60 Å². The summed E-state index contributed by atoms with van der Waals surface area (Å²) in [5.41, 5.74) is -1.20. The van der Waals surface area contributed by atoms with E-state index in [1.165, 1.54) is 11.0 Å². The molecule has 2 rings (SSSR count). The number of nitrogens with zero attached hydrogens (tertiary/aromatic N) is 2. The van der Waals surface area contributed by atoms with Gasteiger partial charge in [-0.3, -0.25) is 0 Å². The molecule has 8 heteroatoms. The van der Waals surface area contributed by atoms with Crippen molar-refractivity contribution in [2.75, 3.05) is 13.1 Å². The summed E-state index contributed by atoms with van der Waals surface area (Å²) in [6.07, 6.45) is -4.41. The van der Waals surface area contributed by atoms with Crippen LogP contribution in [0.15, 0.2) is 16.6 Å². The van der Waals surface area contributed by atoms with Crippen LogP contribution in [0.5, 0.6) is 0 Å².